The van der Waals surface area contributed by atoms with E-state index in [4.69, 9.17) is 19.9 Å². The van der Waals surface area contributed by atoms with Gasteiger partial charge in [0.15, 0.2) is 11.5 Å². The Labute approximate surface area is 176 Å². The Balaban J connectivity index is 0.00000280. The quantitative estimate of drug-likeness (QED) is 0.736. The van der Waals surface area contributed by atoms with Crippen molar-refractivity contribution in [2.75, 3.05) is 34.4 Å². The molecular formula is C20H27ClN2O4S. The molecule has 1 aliphatic heterocycles. The molecule has 0 aliphatic carbocycles. The van der Waals surface area contributed by atoms with Crippen LogP contribution >= 0.6 is 23.7 Å². The predicted molar refractivity (Wildman–Crippen MR) is 113 cm³/mol. The molecule has 1 amide bonds. The number of hydrogen-bond donors (Lipinski definition) is 1. The van der Waals surface area contributed by atoms with Crippen LogP contribution in [0.1, 0.15) is 28.5 Å². The molecule has 2 aromatic rings. The van der Waals surface area contributed by atoms with Crippen LogP contribution in [0.4, 0.5) is 0 Å². The topological polar surface area (TPSA) is 74.0 Å². The molecular weight excluding hydrogens is 400 g/mol. The third-order valence-corrected chi connectivity index (χ3v) is 5.93. The maximum Gasteiger partial charge on any atom is 0.226 e. The molecule has 0 spiro atoms. The van der Waals surface area contributed by atoms with E-state index in [1.54, 1.807) is 32.7 Å². The maximum absolute atomic E-state index is 13.1. The molecule has 28 heavy (non-hydrogen) atoms. The van der Waals surface area contributed by atoms with E-state index in [9.17, 15) is 4.79 Å². The van der Waals surface area contributed by atoms with Gasteiger partial charge in [0, 0.05) is 25.1 Å². The molecule has 154 valence electrons. The number of carbonyl (C=O) groups is 1. The lowest BCUT2D eigenvalue weighted by Crippen LogP contribution is -2.42. The third-order valence-electron chi connectivity index (χ3n) is 5.01. The second-order valence-corrected chi connectivity index (χ2v) is 7.44. The van der Waals surface area contributed by atoms with Gasteiger partial charge in [-0.1, -0.05) is 6.07 Å². The number of fused-ring (bicyclic) bond motifs is 1. The van der Waals surface area contributed by atoms with E-state index in [0.717, 1.165) is 16.9 Å². The lowest BCUT2D eigenvalue weighted by molar-refractivity contribution is -0.135. The number of carbonyl (C=O) groups excluding carboxylic acids is 1. The molecule has 1 aromatic carbocycles. The Morgan fingerprint density at radius 1 is 1.29 bits per heavy atom. The molecule has 0 bridgehead atoms. The van der Waals surface area contributed by atoms with Crippen molar-refractivity contribution in [2.24, 2.45) is 5.73 Å². The molecule has 1 aromatic heterocycles. The van der Waals surface area contributed by atoms with Gasteiger partial charge in [-0.05, 0) is 41.1 Å². The number of rotatable bonds is 7. The monoisotopic (exact) mass is 426 g/mol. The van der Waals surface area contributed by atoms with E-state index >= 15 is 0 Å². The number of amides is 1. The van der Waals surface area contributed by atoms with Crippen molar-refractivity contribution in [1.82, 2.24) is 4.90 Å². The van der Waals surface area contributed by atoms with Crippen molar-refractivity contribution in [2.45, 2.75) is 25.0 Å². The summed E-state index contributed by atoms with van der Waals surface area (Å²) < 4.78 is 16.3. The average molecular weight is 427 g/mol. The largest absolute Gasteiger partial charge is 0.493 e. The molecule has 1 aliphatic rings. The van der Waals surface area contributed by atoms with Crippen molar-refractivity contribution < 1.29 is 19.0 Å². The van der Waals surface area contributed by atoms with E-state index in [0.29, 0.717) is 24.6 Å². The van der Waals surface area contributed by atoms with Crippen molar-refractivity contribution in [1.29, 1.82) is 0 Å². The lowest BCUT2D eigenvalue weighted by atomic mass is 9.90. The van der Waals surface area contributed by atoms with Crippen LogP contribution < -0.4 is 15.2 Å². The first-order chi connectivity index (χ1) is 13.1. The summed E-state index contributed by atoms with van der Waals surface area (Å²) in [5, 5.41) is 2.03. The van der Waals surface area contributed by atoms with E-state index in [1.807, 2.05) is 28.5 Å². The zero-order valence-corrected chi connectivity index (χ0v) is 18.0. The summed E-state index contributed by atoms with van der Waals surface area (Å²) in [5.74, 6) is 1.43. The molecule has 2 N–H and O–H groups in total. The standard InChI is InChI=1S/C20H26N2O4S.ClH/c1-24-14(12-21)10-19(23)22-7-6-13-9-16(25-2)17(26-3)11-15(13)20(22)18-5-4-8-27-18;/h4-5,8-9,11,14,20H,6-7,10,12,21H2,1-3H3;1H. The van der Waals surface area contributed by atoms with Crippen molar-refractivity contribution in [3.8, 4) is 11.5 Å². The van der Waals surface area contributed by atoms with Crippen LogP contribution in [0, 0.1) is 0 Å². The highest BCUT2D eigenvalue weighted by Gasteiger charge is 2.34. The maximum atomic E-state index is 13.1. The molecule has 0 fully saturated rings. The molecule has 8 heteroatoms. The SMILES string of the molecule is COc1cc2c(cc1OC)C(c1cccs1)N(C(=O)CC(CN)OC)CC2.Cl. The van der Waals surface area contributed by atoms with Gasteiger partial charge in [-0.15, -0.1) is 23.7 Å². The number of thiophene rings is 1. The fourth-order valence-corrected chi connectivity index (χ4v) is 4.40. The van der Waals surface area contributed by atoms with Crippen LogP contribution in [0.3, 0.4) is 0 Å². The highest BCUT2D eigenvalue weighted by atomic mass is 35.5. The van der Waals surface area contributed by atoms with Gasteiger partial charge in [0.05, 0.1) is 32.8 Å². The van der Waals surface area contributed by atoms with Gasteiger partial charge < -0.3 is 24.8 Å². The second-order valence-electron chi connectivity index (χ2n) is 6.46. The van der Waals surface area contributed by atoms with Gasteiger partial charge in [0.25, 0.3) is 0 Å². The summed E-state index contributed by atoms with van der Waals surface area (Å²) in [4.78, 5) is 16.1. The van der Waals surface area contributed by atoms with Crippen molar-refractivity contribution in [3.63, 3.8) is 0 Å². The predicted octanol–water partition coefficient (Wildman–Crippen LogP) is 3.03. The Morgan fingerprint density at radius 2 is 2.00 bits per heavy atom. The Kier molecular flexibility index (Phi) is 8.12. The van der Waals surface area contributed by atoms with Gasteiger partial charge in [0.1, 0.15) is 0 Å². The number of nitrogens with zero attached hydrogens (tertiary/aromatic N) is 1. The fraction of sp³-hybridized carbons (Fsp3) is 0.450. The molecule has 0 saturated heterocycles. The van der Waals surface area contributed by atoms with Gasteiger partial charge in [-0.25, -0.2) is 0 Å². The number of methoxy groups -OCH3 is 3. The minimum Gasteiger partial charge on any atom is -0.493 e. The number of ether oxygens (including phenoxy) is 3. The smallest absolute Gasteiger partial charge is 0.226 e. The summed E-state index contributed by atoms with van der Waals surface area (Å²) in [6.07, 6.45) is 0.773. The van der Waals surface area contributed by atoms with Crippen LogP contribution in [0.5, 0.6) is 11.5 Å². The number of hydrogen-bond acceptors (Lipinski definition) is 6. The summed E-state index contributed by atoms with van der Waals surface area (Å²) >= 11 is 1.65. The van der Waals surface area contributed by atoms with Crippen LogP contribution in [0.25, 0.3) is 0 Å². The van der Waals surface area contributed by atoms with E-state index < -0.39 is 0 Å². The molecule has 3 rings (SSSR count). The zero-order valence-electron chi connectivity index (χ0n) is 16.3. The van der Waals surface area contributed by atoms with E-state index in [2.05, 4.69) is 6.07 Å². The molecule has 0 radical (unpaired) electrons. The van der Waals surface area contributed by atoms with Gasteiger partial charge >= 0.3 is 0 Å². The van der Waals surface area contributed by atoms with Crippen molar-refractivity contribution >= 4 is 29.7 Å². The lowest BCUT2D eigenvalue weighted by Gasteiger charge is -2.38. The minimum absolute atomic E-state index is 0. The van der Waals surface area contributed by atoms with Gasteiger partial charge in [-0.3, -0.25) is 4.79 Å². The Bertz CT molecular complexity index is 781. The van der Waals surface area contributed by atoms with Crippen LogP contribution in [0.15, 0.2) is 29.6 Å². The van der Waals surface area contributed by atoms with Crippen molar-refractivity contribution in [3.05, 3.63) is 45.6 Å². The summed E-state index contributed by atoms with van der Waals surface area (Å²) in [6, 6.07) is 7.95. The highest BCUT2D eigenvalue weighted by Crippen LogP contribution is 2.42. The van der Waals surface area contributed by atoms with Gasteiger partial charge in [0.2, 0.25) is 5.91 Å². The normalized spacial score (nSPS) is 16.7. The first-order valence-corrected chi connectivity index (χ1v) is 9.81. The summed E-state index contributed by atoms with van der Waals surface area (Å²) in [6.45, 7) is 0.965. The number of halogens is 1. The minimum atomic E-state index is -0.270. The molecule has 2 unspecified atom stereocenters. The summed E-state index contributed by atoms with van der Waals surface area (Å²) in [5.41, 5.74) is 7.97. The molecule has 6 nitrogen and oxygen atoms in total. The number of nitrogens with two attached hydrogens (primary N) is 1. The average Bonchev–Trinajstić information content (AvgIpc) is 3.24. The highest BCUT2D eigenvalue weighted by molar-refractivity contribution is 7.10. The Hall–Kier alpha value is -1.80. The van der Waals surface area contributed by atoms with E-state index in [-0.39, 0.29) is 36.9 Å². The Morgan fingerprint density at radius 3 is 2.57 bits per heavy atom. The second kappa shape index (κ2) is 10.1. The molecule has 0 saturated carbocycles. The number of benzene rings is 1. The first-order valence-electron chi connectivity index (χ1n) is 8.93. The fourth-order valence-electron chi connectivity index (χ4n) is 3.54. The van der Waals surface area contributed by atoms with Crippen LogP contribution in [-0.4, -0.2) is 51.3 Å². The van der Waals surface area contributed by atoms with Gasteiger partial charge in [-0.2, -0.15) is 0 Å². The van der Waals surface area contributed by atoms with E-state index in [1.165, 1.54) is 5.56 Å². The molecule has 2 heterocycles. The first kappa shape index (κ1) is 22.5. The summed E-state index contributed by atoms with van der Waals surface area (Å²) in [7, 11) is 4.85. The third kappa shape index (κ3) is 4.43. The van der Waals surface area contributed by atoms with Crippen LogP contribution in [0.2, 0.25) is 0 Å². The van der Waals surface area contributed by atoms with Crippen LogP contribution in [-0.2, 0) is 16.0 Å². The molecule has 2 atom stereocenters. The zero-order chi connectivity index (χ0) is 19.4.